The zero-order valence-electron chi connectivity index (χ0n) is 14.5. The number of benzene rings is 1. The average molecular weight is 310 g/mol. The van der Waals surface area contributed by atoms with E-state index in [9.17, 15) is 0 Å². The van der Waals surface area contributed by atoms with Crippen molar-refractivity contribution < 1.29 is 0 Å². The highest BCUT2D eigenvalue weighted by Gasteiger charge is 2.26. The van der Waals surface area contributed by atoms with Crippen molar-refractivity contribution in [3.8, 4) is 0 Å². The summed E-state index contributed by atoms with van der Waals surface area (Å²) < 4.78 is 0. The van der Waals surface area contributed by atoms with Crippen molar-refractivity contribution in [1.82, 2.24) is 9.97 Å². The first kappa shape index (κ1) is 15.8. The maximum atomic E-state index is 4.69. The van der Waals surface area contributed by atoms with Crippen LogP contribution in [-0.2, 0) is 6.54 Å². The first-order chi connectivity index (χ1) is 10.9. The average Bonchev–Trinajstić information content (AvgIpc) is 3.28. The molecule has 3 rings (SSSR count). The summed E-state index contributed by atoms with van der Waals surface area (Å²) >= 11 is 0. The summed E-state index contributed by atoms with van der Waals surface area (Å²) in [4.78, 5) is 9.32. The van der Waals surface area contributed by atoms with E-state index in [4.69, 9.17) is 0 Å². The fourth-order valence-corrected chi connectivity index (χ4v) is 2.55. The largest absolute Gasteiger partial charge is 0.366 e. The van der Waals surface area contributed by atoms with Crippen LogP contribution in [0, 0.1) is 6.92 Å². The molecule has 2 aromatic rings. The smallest absolute Gasteiger partial charge is 0.225 e. The van der Waals surface area contributed by atoms with Crippen molar-refractivity contribution in [3.05, 3.63) is 47.2 Å². The van der Waals surface area contributed by atoms with E-state index >= 15 is 0 Å². The van der Waals surface area contributed by atoms with Crippen LogP contribution in [0.1, 0.15) is 56.4 Å². The molecule has 122 valence electrons. The van der Waals surface area contributed by atoms with Crippen molar-refractivity contribution in [3.63, 3.8) is 0 Å². The maximum absolute atomic E-state index is 4.69. The molecule has 1 fully saturated rings. The quantitative estimate of drug-likeness (QED) is 0.854. The highest BCUT2D eigenvalue weighted by molar-refractivity contribution is 5.45. The molecule has 1 aromatic carbocycles. The van der Waals surface area contributed by atoms with Gasteiger partial charge in [0, 0.05) is 24.1 Å². The van der Waals surface area contributed by atoms with Gasteiger partial charge in [0.1, 0.15) is 5.82 Å². The van der Waals surface area contributed by atoms with Crippen LogP contribution in [0.25, 0.3) is 0 Å². The molecule has 1 aliphatic rings. The Bertz CT molecular complexity index is 684. The Morgan fingerprint density at radius 2 is 1.91 bits per heavy atom. The van der Waals surface area contributed by atoms with Crippen molar-refractivity contribution >= 4 is 11.8 Å². The van der Waals surface area contributed by atoms with Gasteiger partial charge in [0.2, 0.25) is 5.95 Å². The van der Waals surface area contributed by atoms with Crippen LogP contribution in [0.2, 0.25) is 0 Å². The van der Waals surface area contributed by atoms with E-state index in [0.29, 0.717) is 11.9 Å². The number of hydrogen-bond donors (Lipinski definition) is 2. The molecular weight excluding hydrogens is 284 g/mol. The molecule has 4 heteroatoms. The Hall–Kier alpha value is -2.10. The fourth-order valence-electron chi connectivity index (χ4n) is 2.55. The monoisotopic (exact) mass is 310 g/mol. The van der Waals surface area contributed by atoms with Crippen LogP contribution in [0.4, 0.5) is 11.8 Å². The van der Waals surface area contributed by atoms with Crippen LogP contribution < -0.4 is 10.6 Å². The van der Waals surface area contributed by atoms with E-state index in [1.807, 2.05) is 0 Å². The van der Waals surface area contributed by atoms with Crippen LogP contribution in [0.15, 0.2) is 30.3 Å². The third-order valence-electron chi connectivity index (χ3n) is 3.78. The molecule has 23 heavy (non-hydrogen) atoms. The zero-order chi connectivity index (χ0) is 16.4. The SMILES string of the molecule is Cc1cccc(CNc2cc(C3CC3)nc(NC(C)(C)C)n2)c1. The Balaban J connectivity index is 1.77. The lowest BCUT2D eigenvalue weighted by Gasteiger charge is -2.21. The number of aryl methyl sites for hydroxylation is 1. The normalized spacial score (nSPS) is 14.6. The number of nitrogens with zero attached hydrogens (tertiary/aromatic N) is 2. The van der Waals surface area contributed by atoms with Gasteiger partial charge >= 0.3 is 0 Å². The Morgan fingerprint density at radius 3 is 2.57 bits per heavy atom. The van der Waals surface area contributed by atoms with Crippen LogP contribution in [0.3, 0.4) is 0 Å². The molecule has 1 heterocycles. The Morgan fingerprint density at radius 1 is 1.13 bits per heavy atom. The minimum Gasteiger partial charge on any atom is -0.366 e. The molecule has 0 saturated heterocycles. The third-order valence-corrected chi connectivity index (χ3v) is 3.78. The van der Waals surface area contributed by atoms with Gasteiger partial charge in [-0.15, -0.1) is 0 Å². The summed E-state index contributed by atoms with van der Waals surface area (Å²) in [6, 6.07) is 10.6. The molecule has 0 bridgehead atoms. The van der Waals surface area contributed by atoms with Crippen LogP contribution >= 0.6 is 0 Å². The van der Waals surface area contributed by atoms with Gasteiger partial charge in [-0.25, -0.2) is 4.98 Å². The second-order valence-corrected chi connectivity index (χ2v) is 7.49. The number of nitrogens with one attached hydrogen (secondary N) is 2. The van der Waals surface area contributed by atoms with E-state index < -0.39 is 0 Å². The molecule has 0 radical (unpaired) electrons. The predicted molar refractivity (Wildman–Crippen MR) is 95.9 cm³/mol. The number of aromatic nitrogens is 2. The molecule has 1 aromatic heterocycles. The Labute approximate surface area is 138 Å². The highest BCUT2D eigenvalue weighted by Crippen LogP contribution is 2.40. The molecule has 0 spiro atoms. The van der Waals surface area contributed by atoms with Gasteiger partial charge in [0.25, 0.3) is 0 Å². The highest BCUT2D eigenvalue weighted by atomic mass is 15.2. The fraction of sp³-hybridized carbons (Fsp3) is 0.474. The van der Waals surface area contributed by atoms with Crippen molar-refractivity contribution in [2.75, 3.05) is 10.6 Å². The molecular formula is C19H26N4. The predicted octanol–water partition coefficient (Wildman–Crippen LogP) is 4.48. The minimum absolute atomic E-state index is 0.0456. The standard InChI is InChI=1S/C19H26N4/c1-13-6-5-7-14(10-13)12-20-17-11-16(15-8-9-15)21-18(22-17)23-19(2,3)4/h5-7,10-11,15H,8-9,12H2,1-4H3,(H2,20,21,22,23). The molecule has 1 aliphatic carbocycles. The van der Waals surface area contributed by atoms with Gasteiger partial charge in [0.15, 0.2) is 0 Å². The first-order valence-electron chi connectivity index (χ1n) is 8.36. The molecule has 0 amide bonds. The second-order valence-electron chi connectivity index (χ2n) is 7.49. The van der Waals surface area contributed by atoms with Gasteiger partial charge in [-0.3, -0.25) is 0 Å². The summed E-state index contributed by atoms with van der Waals surface area (Å²) in [6.45, 7) is 9.27. The summed E-state index contributed by atoms with van der Waals surface area (Å²) in [5.74, 6) is 2.22. The van der Waals surface area contributed by atoms with E-state index in [2.05, 4.69) is 78.6 Å². The molecule has 0 aliphatic heterocycles. The van der Waals surface area contributed by atoms with Gasteiger partial charge in [-0.2, -0.15) is 4.98 Å². The van der Waals surface area contributed by atoms with Crippen LogP contribution in [0.5, 0.6) is 0 Å². The molecule has 0 atom stereocenters. The van der Waals surface area contributed by atoms with E-state index in [0.717, 1.165) is 18.1 Å². The number of hydrogen-bond acceptors (Lipinski definition) is 4. The lowest BCUT2D eigenvalue weighted by Crippen LogP contribution is -2.27. The lowest BCUT2D eigenvalue weighted by molar-refractivity contribution is 0.625. The zero-order valence-corrected chi connectivity index (χ0v) is 14.5. The van der Waals surface area contributed by atoms with Crippen LogP contribution in [-0.4, -0.2) is 15.5 Å². The van der Waals surface area contributed by atoms with Gasteiger partial charge in [0.05, 0.1) is 5.69 Å². The van der Waals surface area contributed by atoms with Crippen molar-refractivity contribution in [2.45, 2.75) is 58.5 Å². The molecule has 1 saturated carbocycles. The molecule has 0 unspecified atom stereocenters. The summed E-state index contributed by atoms with van der Waals surface area (Å²) in [5, 5.41) is 6.84. The van der Waals surface area contributed by atoms with Crippen molar-refractivity contribution in [2.24, 2.45) is 0 Å². The maximum Gasteiger partial charge on any atom is 0.225 e. The second kappa shape index (κ2) is 6.19. The van der Waals surface area contributed by atoms with E-state index in [-0.39, 0.29) is 5.54 Å². The number of rotatable bonds is 5. The number of anilines is 2. The first-order valence-corrected chi connectivity index (χ1v) is 8.36. The van der Waals surface area contributed by atoms with E-state index in [1.165, 1.54) is 24.0 Å². The third kappa shape index (κ3) is 4.68. The topological polar surface area (TPSA) is 49.8 Å². The van der Waals surface area contributed by atoms with Crippen molar-refractivity contribution in [1.29, 1.82) is 0 Å². The summed E-state index contributed by atoms with van der Waals surface area (Å²) in [6.07, 6.45) is 2.48. The molecule has 2 N–H and O–H groups in total. The summed E-state index contributed by atoms with van der Waals surface area (Å²) in [5.41, 5.74) is 3.65. The van der Waals surface area contributed by atoms with Gasteiger partial charge in [-0.05, 0) is 46.1 Å². The minimum atomic E-state index is -0.0456. The molecule has 4 nitrogen and oxygen atoms in total. The lowest BCUT2D eigenvalue weighted by atomic mass is 10.1. The summed E-state index contributed by atoms with van der Waals surface area (Å²) in [7, 11) is 0. The van der Waals surface area contributed by atoms with E-state index in [1.54, 1.807) is 0 Å². The van der Waals surface area contributed by atoms with Gasteiger partial charge in [-0.1, -0.05) is 29.8 Å². The van der Waals surface area contributed by atoms with Gasteiger partial charge < -0.3 is 10.6 Å². The Kier molecular flexibility index (Phi) is 4.24.